The largest absolute Gasteiger partial charge is 0.478 e. The van der Waals surface area contributed by atoms with Gasteiger partial charge in [0.2, 0.25) is 5.91 Å². The molecule has 1 heterocycles. The number of hydrogen-bond donors (Lipinski definition) is 2. The van der Waals surface area contributed by atoms with Crippen molar-refractivity contribution in [3.8, 4) is 0 Å². The van der Waals surface area contributed by atoms with Gasteiger partial charge in [-0.1, -0.05) is 30.0 Å². The summed E-state index contributed by atoms with van der Waals surface area (Å²) in [6.45, 7) is 5.90. The van der Waals surface area contributed by atoms with Crippen LogP contribution in [0.25, 0.3) is 10.9 Å². The summed E-state index contributed by atoms with van der Waals surface area (Å²) in [5, 5.41) is 13.3. The van der Waals surface area contributed by atoms with Gasteiger partial charge in [0.25, 0.3) is 0 Å². The molecule has 0 aliphatic rings. The SMILES string of the molecule is Cc1cc(SC(C)C(=O)Nc2ccc(C(=O)O)cc2)nc2c(C)cccc12. The Hall–Kier alpha value is -2.86. The summed E-state index contributed by atoms with van der Waals surface area (Å²) in [5.74, 6) is -1.16. The van der Waals surface area contributed by atoms with Crippen molar-refractivity contribution in [2.45, 2.75) is 31.0 Å². The van der Waals surface area contributed by atoms with Gasteiger partial charge in [-0.15, -0.1) is 0 Å². The van der Waals surface area contributed by atoms with Gasteiger partial charge in [-0.05, 0) is 62.2 Å². The highest BCUT2D eigenvalue weighted by Gasteiger charge is 2.17. The van der Waals surface area contributed by atoms with Crippen LogP contribution in [0.15, 0.2) is 53.6 Å². The normalized spacial score (nSPS) is 12.0. The minimum Gasteiger partial charge on any atom is -0.478 e. The number of carboxylic acids is 1. The van der Waals surface area contributed by atoms with E-state index in [1.54, 1.807) is 12.1 Å². The van der Waals surface area contributed by atoms with Gasteiger partial charge in [-0.2, -0.15) is 0 Å². The molecule has 2 N–H and O–H groups in total. The molecule has 138 valence electrons. The number of fused-ring (bicyclic) bond motifs is 1. The average molecular weight is 380 g/mol. The van der Waals surface area contributed by atoms with Gasteiger partial charge in [0.15, 0.2) is 0 Å². The van der Waals surface area contributed by atoms with Crippen molar-refractivity contribution in [1.29, 1.82) is 0 Å². The molecule has 1 aromatic heterocycles. The second-order valence-electron chi connectivity index (χ2n) is 6.38. The Bertz CT molecular complexity index is 1020. The predicted molar refractivity (Wildman–Crippen MR) is 109 cm³/mol. The van der Waals surface area contributed by atoms with E-state index in [2.05, 4.69) is 11.4 Å². The van der Waals surface area contributed by atoms with Crippen molar-refractivity contribution in [3.63, 3.8) is 0 Å². The lowest BCUT2D eigenvalue weighted by molar-refractivity contribution is -0.115. The van der Waals surface area contributed by atoms with Gasteiger partial charge < -0.3 is 10.4 Å². The molecule has 2 aromatic carbocycles. The monoisotopic (exact) mass is 380 g/mol. The molecule has 6 heteroatoms. The average Bonchev–Trinajstić information content (AvgIpc) is 2.63. The standard InChI is InChI=1S/C21H20N2O3S/c1-12-5-4-6-17-13(2)11-18(23-19(12)17)27-14(3)20(24)22-16-9-7-15(8-10-16)21(25)26/h4-11,14H,1-3H3,(H,22,24)(H,25,26). The first-order valence-electron chi connectivity index (χ1n) is 8.53. The minimum absolute atomic E-state index is 0.160. The molecule has 0 aliphatic carbocycles. The maximum atomic E-state index is 12.5. The number of thioether (sulfide) groups is 1. The van der Waals surface area contributed by atoms with E-state index in [9.17, 15) is 9.59 Å². The van der Waals surface area contributed by atoms with Crippen molar-refractivity contribution in [2.24, 2.45) is 0 Å². The van der Waals surface area contributed by atoms with Crippen LogP contribution >= 0.6 is 11.8 Å². The van der Waals surface area contributed by atoms with Crippen LogP contribution in [0, 0.1) is 13.8 Å². The number of aryl methyl sites for hydroxylation is 2. The lowest BCUT2D eigenvalue weighted by atomic mass is 10.1. The molecule has 0 fully saturated rings. The van der Waals surface area contributed by atoms with Crippen LogP contribution in [0.3, 0.4) is 0 Å². The first-order chi connectivity index (χ1) is 12.8. The lowest BCUT2D eigenvalue weighted by Crippen LogP contribution is -2.22. The topological polar surface area (TPSA) is 79.3 Å². The van der Waals surface area contributed by atoms with Crippen LogP contribution in [-0.4, -0.2) is 27.2 Å². The number of carboxylic acid groups (broad SMARTS) is 1. The van der Waals surface area contributed by atoms with Crippen molar-refractivity contribution >= 4 is 40.2 Å². The molecule has 1 amide bonds. The number of carbonyl (C=O) groups excluding carboxylic acids is 1. The third kappa shape index (κ3) is 4.28. The van der Waals surface area contributed by atoms with Gasteiger partial charge in [-0.3, -0.25) is 4.79 Å². The van der Waals surface area contributed by atoms with E-state index in [0.717, 1.165) is 27.1 Å². The number of nitrogens with one attached hydrogen (secondary N) is 1. The molecular weight excluding hydrogens is 360 g/mol. The number of para-hydroxylation sites is 1. The van der Waals surface area contributed by atoms with Crippen LogP contribution < -0.4 is 5.32 Å². The Labute approximate surface area is 161 Å². The van der Waals surface area contributed by atoms with E-state index in [1.807, 2.05) is 39.0 Å². The molecule has 0 spiro atoms. The zero-order chi connectivity index (χ0) is 19.6. The second kappa shape index (κ2) is 7.80. The fourth-order valence-corrected chi connectivity index (χ4v) is 3.68. The summed E-state index contributed by atoms with van der Waals surface area (Å²) >= 11 is 1.40. The smallest absolute Gasteiger partial charge is 0.335 e. The molecule has 3 rings (SSSR count). The van der Waals surface area contributed by atoms with Crippen LogP contribution in [0.2, 0.25) is 0 Å². The molecule has 0 aliphatic heterocycles. The maximum Gasteiger partial charge on any atom is 0.335 e. The summed E-state index contributed by atoms with van der Waals surface area (Å²) in [5.41, 5.74) is 3.94. The Balaban J connectivity index is 1.73. The summed E-state index contributed by atoms with van der Waals surface area (Å²) in [4.78, 5) is 28.1. The number of amides is 1. The summed E-state index contributed by atoms with van der Waals surface area (Å²) in [6, 6.07) is 14.2. The molecule has 0 radical (unpaired) electrons. The fraction of sp³-hybridized carbons (Fsp3) is 0.190. The summed E-state index contributed by atoms with van der Waals surface area (Å²) < 4.78 is 0. The van der Waals surface area contributed by atoms with Gasteiger partial charge >= 0.3 is 5.97 Å². The van der Waals surface area contributed by atoms with Gasteiger partial charge in [0.05, 0.1) is 21.4 Å². The molecule has 5 nitrogen and oxygen atoms in total. The number of pyridine rings is 1. The number of nitrogens with zero attached hydrogens (tertiary/aromatic N) is 1. The molecule has 3 aromatic rings. The number of aromatic carboxylic acids is 1. The van der Waals surface area contributed by atoms with Gasteiger partial charge in [0.1, 0.15) is 0 Å². The molecule has 27 heavy (non-hydrogen) atoms. The summed E-state index contributed by atoms with van der Waals surface area (Å²) in [6.07, 6.45) is 0. The molecule has 0 saturated carbocycles. The van der Waals surface area contributed by atoms with E-state index in [4.69, 9.17) is 10.1 Å². The first-order valence-corrected chi connectivity index (χ1v) is 9.41. The minimum atomic E-state index is -0.996. The van der Waals surface area contributed by atoms with Crippen LogP contribution in [-0.2, 0) is 4.79 Å². The first kappa shape index (κ1) is 18.9. The zero-order valence-corrected chi connectivity index (χ0v) is 16.1. The molecule has 0 bridgehead atoms. The third-order valence-corrected chi connectivity index (χ3v) is 5.31. The highest BCUT2D eigenvalue weighted by molar-refractivity contribution is 8.00. The van der Waals surface area contributed by atoms with Gasteiger partial charge in [-0.25, -0.2) is 9.78 Å². The van der Waals surface area contributed by atoms with E-state index < -0.39 is 5.97 Å². The number of anilines is 1. The van der Waals surface area contributed by atoms with Crippen molar-refractivity contribution in [3.05, 3.63) is 65.2 Å². The molecule has 1 unspecified atom stereocenters. The Morgan fingerprint density at radius 1 is 1.07 bits per heavy atom. The fourth-order valence-electron chi connectivity index (χ4n) is 2.77. The Kier molecular flexibility index (Phi) is 5.46. The summed E-state index contributed by atoms with van der Waals surface area (Å²) in [7, 11) is 0. The van der Waals surface area contributed by atoms with Crippen molar-refractivity contribution in [1.82, 2.24) is 4.98 Å². The Morgan fingerprint density at radius 3 is 2.44 bits per heavy atom. The van der Waals surface area contributed by atoms with E-state index in [-0.39, 0.29) is 16.7 Å². The Morgan fingerprint density at radius 2 is 1.78 bits per heavy atom. The molecule has 1 atom stereocenters. The van der Waals surface area contributed by atoms with Crippen LogP contribution in [0.4, 0.5) is 5.69 Å². The van der Waals surface area contributed by atoms with E-state index in [0.29, 0.717) is 5.69 Å². The number of aromatic nitrogens is 1. The van der Waals surface area contributed by atoms with Crippen LogP contribution in [0.1, 0.15) is 28.4 Å². The number of rotatable bonds is 5. The van der Waals surface area contributed by atoms with Gasteiger partial charge in [0, 0.05) is 11.1 Å². The maximum absolute atomic E-state index is 12.5. The number of carbonyl (C=O) groups is 2. The van der Waals surface area contributed by atoms with Crippen molar-refractivity contribution in [2.75, 3.05) is 5.32 Å². The van der Waals surface area contributed by atoms with E-state index in [1.165, 1.54) is 23.9 Å². The highest BCUT2D eigenvalue weighted by atomic mass is 32.2. The lowest BCUT2D eigenvalue weighted by Gasteiger charge is -2.13. The second-order valence-corrected chi connectivity index (χ2v) is 7.74. The third-order valence-electron chi connectivity index (χ3n) is 4.29. The molecule has 0 saturated heterocycles. The van der Waals surface area contributed by atoms with Crippen LogP contribution in [0.5, 0.6) is 0 Å². The predicted octanol–water partition coefficient (Wildman–Crippen LogP) is 4.67. The van der Waals surface area contributed by atoms with Crippen molar-refractivity contribution < 1.29 is 14.7 Å². The zero-order valence-electron chi connectivity index (χ0n) is 15.3. The quantitative estimate of drug-likeness (QED) is 0.629. The van der Waals surface area contributed by atoms with E-state index >= 15 is 0 Å². The number of hydrogen-bond acceptors (Lipinski definition) is 4. The number of benzene rings is 2. The molecular formula is C21H20N2O3S. The highest BCUT2D eigenvalue weighted by Crippen LogP contribution is 2.28.